The van der Waals surface area contributed by atoms with E-state index in [1.807, 2.05) is 5.32 Å². The van der Waals surface area contributed by atoms with E-state index in [0.717, 1.165) is 0 Å². The number of aliphatic hydroxyl groups is 3. The Labute approximate surface area is 156 Å². The summed E-state index contributed by atoms with van der Waals surface area (Å²) in [7, 11) is 0. The van der Waals surface area contributed by atoms with Crippen molar-refractivity contribution in [2.75, 3.05) is 13.2 Å². The number of amides is 3. The number of aliphatic carboxylic acids is 1. The number of carboxylic acids is 1. The molecule has 0 aromatic heterocycles. The Balaban J connectivity index is 5.24. The standard InChI is InChI=1S/C15H28N4O8/c1-6(2)10(18-12(23)8(16)4-20)13(24)19-11(7(3)22)14(25)17-9(5-21)15(26)27/h6-11,20-22H,4-5,16H2,1-3H3,(H,17,25)(H,18,23)(H,19,24)(H,26,27). The molecule has 0 aliphatic carbocycles. The Morgan fingerprint density at radius 1 is 0.852 bits per heavy atom. The molecule has 9 N–H and O–H groups in total. The molecule has 0 aromatic rings. The molecule has 0 spiro atoms. The van der Waals surface area contributed by atoms with Crippen LogP contribution in [0, 0.1) is 5.92 Å². The fraction of sp³-hybridized carbons (Fsp3) is 0.733. The molecule has 0 rings (SSSR count). The normalized spacial score (nSPS) is 16.6. The van der Waals surface area contributed by atoms with E-state index in [2.05, 4.69) is 10.6 Å². The lowest BCUT2D eigenvalue weighted by atomic mass is 10.0. The minimum absolute atomic E-state index is 0.429. The summed E-state index contributed by atoms with van der Waals surface area (Å²) in [5.41, 5.74) is 5.38. The highest BCUT2D eigenvalue weighted by atomic mass is 16.4. The van der Waals surface area contributed by atoms with Crippen LogP contribution >= 0.6 is 0 Å². The van der Waals surface area contributed by atoms with Crippen LogP contribution in [0.15, 0.2) is 0 Å². The van der Waals surface area contributed by atoms with E-state index < -0.39 is 73.1 Å². The van der Waals surface area contributed by atoms with Gasteiger partial charge in [0.2, 0.25) is 17.7 Å². The van der Waals surface area contributed by atoms with Crippen molar-refractivity contribution in [1.29, 1.82) is 0 Å². The van der Waals surface area contributed by atoms with Gasteiger partial charge in [-0.25, -0.2) is 4.79 Å². The average Bonchev–Trinajstić information content (AvgIpc) is 2.59. The number of nitrogens with one attached hydrogen (secondary N) is 3. The quantitative estimate of drug-likeness (QED) is 0.171. The van der Waals surface area contributed by atoms with E-state index >= 15 is 0 Å². The third kappa shape index (κ3) is 7.86. The van der Waals surface area contributed by atoms with Gasteiger partial charge in [-0.3, -0.25) is 14.4 Å². The van der Waals surface area contributed by atoms with Crippen LogP contribution < -0.4 is 21.7 Å². The molecule has 0 bridgehead atoms. The summed E-state index contributed by atoms with van der Waals surface area (Å²) < 4.78 is 0. The van der Waals surface area contributed by atoms with Crippen molar-refractivity contribution in [2.24, 2.45) is 11.7 Å². The van der Waals surface area contributed by atoms with Crippen molar-refractivity contribution in [3.63, 3.8) is 0 Å². The molecule has 3 amide bonds. The summed E-state index contributed by atoms with van der Waals surface area (Å²) in [5.74, 6) is -4.55. The van der Waals surface area contributed by atoms with Gasteiger partial charge >= 0.3 is 5.97 Å². The lowest BCUT2D eigenvalue weighted by molar-refractivity contribution is -0.144. The first-order valence-corrected chi connectivity index (χ1v) is 8.25. The molecule has 12 nitrogen and oxygen atoms in total. The van der Waals surface area contributed by atoms with E-state index in [9.17, 15) is 24.3 Å². The first-order valence-electron chi connectivity index (χ1n) is 8.25. The number of aliphatic hydroxyl groups excluding tert-OH is 3. The van der Waals surface area contributed by atoms with Crippen LogP contribution in [-0.2, 0) is 19.2 Å². The number of carbonyl (C=O) groups excluding carboxylic acids is 3. The zero-order chi connectivity index (χ0) is 21.3. The first kappa shape index (κ1) is 24.7. The maximum atomic E-state index is 12.5. The predicted octanol–water partition coefficient (Wildman–Crippen LogP) is -4.13. The van der Waals surface area contributed by atoms with Crippen LogP contribution in [0.2, 0.25) is 0 Å². The second-order valence-corrected chi connectivity index (χ2v) is 6.33. The zero-order valence-electron chi connectivity index (χ0n) is 15.4. The SMILES string of the molecule is CC(C)C(NC(=O)C(N)CO)C(=O)NC(C(=O)NC(CO)C(=O)O)C(C)O. The summed E-state index contributed by atoms with van der Waals surface area (Å²) in [5, 5.41) is 43.0. The highest BCUT2D eigenvalue weighted by molar-refractivity contribution is 5.94. The van der Waals surface area contributed by atoms with E-state index in [0.29, 0.717) is 0 Å². The van der Waals surface area contributed by atoms with Crippen molar-refractivity contribution in [1.82, 2.24) is 16.0 Å². The molecule has 12 heteroatoms. The van der Waals surface area contributed by atoms with Crippen LogP contribution in [0.25, 0.3) is 0 Å². The molecule has 0 aromatic carbocycles. The second kappa shape index (κ2) is 11.4. The van der Waals surface area contributed by atoms with E-state index in [1.54, 1.807) is 13.8 Å². The fourth-order valence-electron chi connectivity index (χ4n) is 1.97. The van der Waals surface area contributed by atoms with Gasteiger partial charge in [-0.15, -0.1) is 0 Å². The van der Waals surface area contributed by atoms with Crippen molar-refractivity contribution in [3.8, 4) is 0 Å². The number of nitrogens with two attached hydrogens (primary N) is 1. The molecule has 0 radical (unpaired) electrons. The van der Waals surface area contributed by atoms with Gasteiger partial charge in [0.1, 0.15) is 24.2 Å². The highest BCUT2D eigenvalue weighted by Crippen LogP contribution is 2.05. The minimum Gasteiger partial charge on any atom is -0.480 e. The van der Waals surface area contributed by atoms with Crippen LogP contribution in [0.1, 0.15) is 20.8 Å². The number of hydrogen-bond acceptors (Lipinski definition) is 8. The van der Waals surface area contributed by atoms with Crippen LogP contribution in [0.3, 0.4) is 0 Å². The number of rotatable bonds is 11. The average molecular weight is 392 g/mol. The van der Waals surface area contributed by atoms with Crippen molar-refractivity contribution >= 4 is 23.7 Å². The van der Waals surface area contributed by atoms with Crippen LogP contribution in [0.4, 0.5) is 0 Å². The van der Waals surface area contributed by atoms with Gasteiger partial charge in [-0.05, 0) is 12.8 Å². The Morgan fingerprint density at radius 3 is 1.70 bits per heavy atom. The summed E-state index contributed by atoms with van der Waals surface area (Å²) in [6, 6.07) is -5.51. The number of carbonyl (C=O) groups is 4. The van der Waals surface area contributed by atoms with Gasteiger partial charge in [-0.2, -0.15) is 0 Å². The molecule has 0 saturated heterocycles. The summed E-state index contributed by atoms with van der Waals surface area (Å²) in [6.07, 6.45) is -1.40. The lowest BCUT2D eigenvalue weighted by Gasteiger charge is -2.27. The van der Waals surface area contributed by atoms with E-state index in [-0.39, 0.29) is 0 Å². The predicted molar refractivity (Wildman–Crippen MR) is 92.1 cm³/mol. The van der Waals surface area contributed by atoms with Gasteiger partial charge in [0, 0.05) is 0 Å². The summed E-state index contributed by atoms with van der Waals surface area (Å²) >= 11 is 0. The van der Waals surface area contributed by atoms with Gasteiger partial charge < -0.3 is 42.1 Å². The molecule has 0 aliphatic heterocycles. The maximum absolute atomic E-state index is 12.5. The molecule has 27 heavy (non-hydrogen) atoms. The molecule has 0 fully saturated rings. The monoisotopic (exact) mass is 392 g/mol. The maximum Gasteiger partial charge on any atom is 0.328 e. The zero-order valence-corrected chi connectivity index (χ0v) is 15.4. The van der Waals surface area contributed by atoms with E-state index in [1.165, 1.54) is 6.92 Å². The topological polar surface area (TPSA) is 211 Å². The Hall–Kier alpha value is -2.28. The number of carboxylic acid groups (broad SMARTS) is 1. The molecular weight excluding hydrogens is 364 g/mol. The van der Waals surface area contributed by atoms with Gasteiger partial charge in [-0.1, -0.05) is 13.8 Å². The highest BCUT2D eigenvalue weighted by Gasteiger charge is 2.33. The largest absolute Gasteiger partial charge is 0.480 e. The van der Waals surface area contributed by atoms with Gasteiger partial charge in [0.25, 0.3) is 0 Å². The van der Waals surface area contributed by atoms with Crippen molar-refractivity contribution in [2.45, 2.75) is 51.0 Å². The fourth-order valence-corrected chi connectivity index (χ4v) is 1.97. The Morgan fingerprint density at radius 2 is 1.33 bits per heavy atom. The molecule has 0 saturated carbocycles. The smallest absolute Gasteiger partial charge is 0.328 e. The van der Waals surface area contributed by atoms with Gasteiger partial charge in [0.05, 0.1) is 19.3 Å². The molecule has 0 heterocycles. The molecule has 156 valence electrons. The molecular formula is C15H28N4O8. The second-order valence-electron chi connectivity index (χ2n) is 6.33. The van der Waals surface area contributed by atoms with Crippen molar-refractivity contribution in [3.05, 3.63) is 0 Å². The lowest BCUT2D eigenvalue weighted by Crippen LogP contribution is -2.61. The molecule has 5 atom stereocenters. The summed E-state index contributed by atoms with van der Waals surface area (Å²) in [4.78, 5) is 47.3. The van der Waals surface area contributed by atoms with Crippen LogP contribution in [0.5, 0.6) is 0 Å². The van der Waals surface area contributed by atoms with Crippen molar-refractivity contribution < 1.29 is 39.6 Å². The molecule has 0 aliphatic rings. The van der Waals surface area contributed by atoms with Gasteiger partial charge in [0.15, 0.2) is 0 Å². The third-order valence-electron chi connectivity index (χ3n) is 3.64. The summed E-state index contributed by atoms with van der Waals surface area (Å²) in [6.45, 7) is 2.90. The molecule has 5 unspecified atom stereocenters. The third-order valence-corrected chi connectivity index (χ3v) is 3.64. The Kier molecular flexibility index (Phi) is 10.5. The number of hydrogen-bond donors (Lipinski definition) is 8. The Bertz CT molecular complexity index is 540. The minimum atomic E-state index is -1.61. The first-order chi connectivity index (χ1) is 12.5. The van der Waals surface area contributed by atoms with Crippen LogP contribution in [-0.4, -0.2) is 87.6 Å². The van der Waals surface area contributed by atoms with E-state index in [4.69, 9.17) is 21.1 Å².